The highest BCUT2D eigenvalue weighted by Crippen LogP contribution is 2.16. The molecular weight excluding hydrogens is 346 g/mol. The molecule has 1 aliphatic heterocycles. The Morgan fingerprint density at radius 2 is 2.39 bits per heavy atom. The normalized spacial score (nSPS) is 20.1. The summed E-state index contributed by atoms with van der Waals surface area (Å²) >= 11 is 1.98. The Bertz CT molecular complexity index is 453. The minimum atomic E-state index is -0.313. The first-order valence-corrected chi connectivity index (χ1v) is 7.09. The van der Waals surface area contributed by atoms with Crippen molar-refractivity contribution >= 4 is 28.5 Å². The lowest BCUT2D eigenvalue weighted by Gasteiger charge is -2.19. The van der Waals surface area contributed by atoms with Crippen LogP contribution < -0.4 is 5.32 Å². The van der Waals surface area contributed by atoms with Gasteiger partial charge in [0.25, 0.3) is 5.91 Å². The van der Waals surface area contributed by atoms with E-state index in [0.717, 1.165) is 13.0 Å². The third kappa shape index (κ3) is 3.20. The van der Waals surface area contributed by atoms with E-state index in [2.05, 4.69) is 17.3 Å². The zero-order chi connectivity index (χ0) is 13.1. The van der Waals surface area contributed by atoms with E-state index in [-0.39, 0.29) is 11.7 Å². The number of hydrogen-bond acceptors (Lipinski definition) is 2. The molecule has 1 aromatic rings. The van der Waals surface area contributed by atoms with Crippen LogP contribution in [0.4, 0.5) is 4.39 Å². The molecule has 0 aromatic heterocycles. The number of likely N-dealkylation sites (tertiary alicyclic amines) is 1. The molecule has 1 saturated heterocycles. The Morgan fingerprint density at radius 1 is 1.61 bits per heavy atom. The second kappa shape index (κ2) is 5.97. The van der Waals surface area contributed by atoms with E-state index in [9.17, 15) is 9.18 Å². The van der Waals surface area contributed by atoms with Crippen LogP contribution in [0.3, 0.4) is 0 Å². The van der Waals surface area contributed by atoms with Crippen LogP contribution in [0, 0.1) is 9.39 Å². The molecule has 0 spiro atoms. The van der Waals surface area contributed by atoms with Crippen LogP contribution in [0.25, 0.3) is 0 Å². The number of carbonyl (C=O) groups is 1. The fraction of sp³-hybridized carbons (Fsp3) is 0.462. The maximum Gasteiger partial charge on any atom is 0.252 e. The van der Waals surface area contributed by atoms with Crippen molar-refractivity contribution in [1.82, 2.24) is 10.2 Å². The average molecular weight is 362 g/mol. The van der Waals surface area contributed by atoms with Gasteiger partial charge in [-0.25, -0.2) is 4.39 Å². The number of carbonyl (C=O) groups excluding carboxylic acids is 1. The van der Waals surface area contributed by atoms with Gasteiger partial charge in [-0.05, 0) is 67.2 Å². The summed E-state index contributed by atoms with van der Waals surface area (Å²) in [5.41, 5.74) is 0.539. The molecule has 3 nitrogen and oxygen atoms in total. The van der Waals surface area contributed by atoms with Gasteiger partial charge >= 0.3 is 0 Å². The first-order valence-electron chi connectivity index (χ1n) is 6.01. The average Bonchev–Trinajstić information content (AvgIpc) is 2.72. The molecule has 5 heteroatoms. The molecular formula is C13H16FIN2O. The van der Waals surface area contributed by atoms with E-state index >= 15 is 0 Å². The summed E-state index contributed by atoms with van der Waals surface area (Å²) in [6.45, 7) is 1.75. The Hall–Kier alpha value is -0.690. The molecule has 98 valence electrons. The van der Waals surface area contributed by atoms with Gasteiger partial charge in [-0.15, -0.1) is 0 Å². The van der Waals surface area contributed by atoms with Gasteiger partial charge in [0.2, 0.25) is 0 Å². The molecule has 1 aliphatic rings. The summed E-state index contributed by atoms with van der Waals surface area (Å²) in [5, 5.41) is 2.92. The number of amides is 1. The van der Waals surface area contributed by atoms with E-state index < -0.39 is 0 Å². The van der Waals surface area contributed by atoms with Crippen molar-refractivity contribution in [3.8, 4) is 0 Å². The minimum absolute atomic E-state index is 0.125. The summed E-state index contributed by atoms with van der Waals surface area (Å²) in [5.74, 6) is -0.439. The summed E-state index contributed by atoms with van der Waals surface area (Å²) in [6.07, 6.45) is 2.31. The number of hydrogen-bond donors (Lipinski definition) is 1. The van der Waals surface area contributed by atoms with Crippen LogP contribution in [0.2, 0.25) is 0 Å². The lowest BCUT2D eigenvalue weighted by atomic mass is 10.2. The molecule has 1 heterocycles. The van der Waals surface area contributed by atoms with Crippen molar-refractivity contribution < 1.29 is 9.18 Å². The fourth-order valence-corrected chi connectivity index (χ4v) is 2.94. The van der Waals surface area contributed by atoms with Crippen molar-refractivity contribution in [3.05, 3.63) is 33.1 Å². The van der Waals surface area contributed by atoms with Gasteiger partial charge in [-0.1, -0.05) is 0 Å². The van der Waals surface area contributed by atoms with Crippen LogP contribution in [0.1, 0.15) is 23.2 Å². The van der Waals surface area contributed by atoms with Gasteiger partial charge in [0.1, 0.15) is 5.82 Å². The largest absolute Gasteiger partial charge is 0.350 e. The molecule has 0 saturated carbocycles. The SMILES string of the molecule is CN1CCCC1CNC(=O)c1ccc(F)cc1I. The van der Waals surface area contributed by atoms with Gasteiger partial charge < -0.3 is 10.2 Å². The Morgan fingerprint density at radius 3 is 3.00 bits per heavy atom. The highest BCUT2D eigenvalue weighted by molar-refractivity contribution is 14.1. The lowest BCUT2D eigenvalue weighted by molar-refractivity contribution is 0.0942. The Kier molecular flexibility index (Phi) is 4.55. The van der Waals surface area contributed by atoms with E-state index in [1.807, 2.05) is 22.6 Å². The first kappa shape index (κ1) is 13.7. The van der Waals surface area contributed by atoms with Gasteiger partial charge in [-0.3, -0.25) is 4.79 Å². The maximum atomic E-state index is 13.0. The minimum Gasteiger partial charge on any atom is -0.350 e. The Labute approximate surface area is 120 Å². The van der Waals surface area contributed by atoms with Crippen LogP contribution >= 0.6 is 22.6 Å². The molecule has 0 radical (unpaired) electrons. The van der Waals surface area contributed by atoms with Crippen molar-refractivity contribution in [2.45, 2.75) is 18.9 Å². The van der Waals surface area contributed by atoms with Gasteiger partial charge in [-0.2, -0.15) is 0 Å². The van der Waals surface area contributed by atoms with Gasteiger partial charge in [0, 0.05) is 16.2 Å². The predicted octanol–water partition coefficient (Wildman–Crippen LogP) is 2.25. The second-order valence-electron chi connectivity index (χ2n) is 4.61. The molecule has 1 N–H and O–H groups in total. The number of nitrogens with zero attached hydrogens (tertiary/aromatic N) is 1. The molecule has 1 aromatic carbocycles. The van der Waals surface area contributed by atoms with E-state index in [1.165, 1.54) is 24.6 Å². The quantitative estimate of drug-likeness (QED) is 0.837. The molecule has 1 atom stereocenters. The van der Waals surface area contributed by atoms with Crippen LogP contribution in [-0.4, -0.2) is 37.0 Å². The summed E-state index contributed by atoms with van der Waals surface area (Å²) in [7, 11) is 2.07. The highest BCUT2D eigenvalue weighted by Gasteiger charge is 2.21. The van der Waals surface area contributed by atoms with E-state index in [0.29, 0.717) is 21.7 Å². The Balaban J connectivity index is 1.95. The topological polar surface area (TPSA) is 32.3 Å². The second-order valence-corrected chi connectivity index (χ2v) is 5.77. The van der Waals surface area contributed by atoms with Crippen LogP contribution in [0.5, 0.6) is 0 Å². The number of nitrogens with one attached hydrogen (secondary N) is 1. The van der Waals surface area contributed by atoms with Gasteiger partial charge in [0.05, 0.1) is 5.56 Å². The molecule has 1 amide bonds. The smallest absolute Gasteiger partial charge is 0.252 e. The first-order chi connectivity index (χ1) is 8.58. The van der Waals surface area contributed by atoms with Crippen molar-refractivity contribution in [3.63, 3.8) is 0 Å². The standard InChI is InChI=1S/C13H16FIN2O/c1-17-6-2-3-10(17)8-16-13(18)11-5-4-9(14)7-12(11)15/h4-5,7,10H,2-3,6,8H2,1H3,(H,16,18). The summed E-state index contributed by atoms with van der Waals surface area (Å²) in [4.78, 5) is 14.2. The van der Waals surface area contributed by atoms with Crippen LogP contribution in [-0.2, 0) is 0 Å². The third-order valence-corrected chi connectivity index (χ3v) is 4.24. The maximum absolute atomic E-state index is 13.0. The number of likely N-dealkylation sites (N-methyl/N-ethyl adjacent to an activating group) is 1. The molecule has 18 heavy (non-hydrogen) atoms. The zero-order valence-electron chi connectivity index (χ0n) is 10.2. The number of benzene rings is 1. The fourth-order valence-electron chi connectivity index (χ4n) is 2.22. The molecule has 2 rings (SSSR count). The van der Waals surface area contributed by atoms with E-state index in [1.54, 1.807) is 0 Å². The third-order valence-electron chi connectivity index (χ3n) is 3.35. The summed E-state index contributed by atoms with van der Waals surface area (Å²) < 4.78 is 13.6. The predicted molar refractivity (Wildman–Crippen MR) is 77.1 cm³/mol. The molecule has 0 aliphatic carbocycles. The number of halogens is 2. The van der Waals surface area contributed by atoms with Crippen molar-refractivity contribution in [2.24, 2.45) is 0 Å². The summed E-state index contributed by atoms with van der Waals surface area (Å²) in [6, 6.07) is 4.65. The monoisotopic (exact) mass is 362 g/mol. The van der Waals surface area contributed by atoms with Gasteiger partial charge in [0.15, 0.2) is 0 Å². The van der Waals surface area contributed by atoms with Crippen LogP contribution in [0.15, 0.2) is 18.2 Å². The highest BCUT2D eigenvalue weighted by atomic mass is 127. The number of rotatable bonds is 3. The van der Waals surface area contributed by atoms with E-state index in [4.69, 9.17) is 0 Å². The van der Waals surface area contributed by atoms with Crippen molar-refractivity contribution in [1.29, 1.82) is 0 Å². The van der Waals surface area contributed by atoms with Crippen molar-refractivity contribution in [2.75, 3.05) is 20.1 Å². The molecule has 1 unspecified atom stereocenters. The molecule has 1 fully saturated rings. The zero-order valence-corrected chi connectivity index (χ0v) is 12.4. The lowest BCUT2D eigenvalue weighted by Crippen LogP contribution is -2.38. The molecule has 0 bridgehead atoms.